The van der Waals surface area contributed by atoms with Gasteiger partial charge in [-0.1, -0.05) is 23.4 Å². The van der Waals surface area contributed by atoms with Crippen LogP contribution in [0.4, 0.5) is 14.5 Å². The second kappa shape index (κ2) is 13.3. The number of amides is 1. The predicted octanol–water partition coefficient (Wildman–Crippen LogP) is 3.16. The number of hydrogen-bond donors (Lipinski definition) is 2. The molecule has 1 amide bonds. The number of carbonyl (C=O) groups excluding carboxylic acids is 1. The number of benzene rings is 1. The molecule has 0 fully saturated rings. The van der Waals surface area contributed by atoms with Crippen molar-refractivity contribution >= 4 is 33.0 Å². The van der Waals surface area contributed by atoms with Gasteiger partial charge in [0.1, 0.15) is 5.69 Å². The number of nitrogens with one attached hydrogen (secondary N) is 2. The smallest absolute Gasteiger partial charge is 0.355 e. The molecule has 12 nitrogen and oxygen atoms in total. The van der Waals surface area contributed by atoms with Crippen molar-refractivity contribution in [2.45, 2.75) is 19.2 Å². The molecular weight excluding hydrogens is 530 g/mol. The number of alkyl halides is 2. The van der Waals surface area contributed by atoms with E-state index in [-0.39, 0.29) is 14.4 Å². The molecule has 0 aliphatic heterocycles. The Kier molecular flexibility index (Phi) is 9.91. The third kappa shape index (κ3) is 8.53. The van der Waals surface area contributed by atoms with E-state index >= 15 is 0 Å². The summed E-state index contributed by atoms with van der Waals surface area (Å²) < 4.78 is 53.7. The number of ether oxygens (including phenoxy) is 1. The number of hydrogen-bond acceptors (Lipinski definition) is 10. The zero-order valence-electron chi connectivity index (χ0n) is 19.4. The van der Waals surface area contributed by atoms with Crippen molar-refractivity contribution in [1.29, 1.82) is 0 Å². The number of carbonyl (C=O) groups is 1. The minimum atomic E-state index is -4.53. The maximum Gasteiger partial charge on any atom is 0.355 e. The van der Waals surface area contributed by atoms with Gasteiger partial charge in [-0.15, -0.1) is 16.4 Å². The zero-order valence-corrected chi connectivity index (χ0v) is 21.0. The largest absolute Gasteiger partial charge is 0.477 e. The summed E-state index contributed by atoms with van der Waals surface area (Å²) in [7, 11) is -4.53. The second-order valence-electron chi connectivity index (χ2n) is 6.90. The molecule has 0 atom stereocenters. The molecule has 0 aliphatic carbocycles. The molecule has 0 spiro atoms. The highest BCUT2D eigenvalue weighted by Crippen LogP contribution is 2.25. The minimum Gasteiger partial charge on any atom is -0.477 e. The van der Waals surface area contributed by atoms with E-state index < -0.39 is 15.8 Å². The van der Waals surface area contributed by atoms with Crippen molar-refractivity contribution in [3.05, 3.63) is 66.3 Å². The van der Waals surface area contributed by atoms with Crippen LogP contribution < -0.4 is 14.8 Å². The van der Waals surface area contributed by atoms with E-state index in [0.717, 1.165) is 4.88 Å². The van der Waals surface area contributed by atoms with Crippen molar-refractivity contribution in [2.75, 3.05) is 17.9 Å². The molecule has 0 aliphatic rings. The summed E-state index contributed by atoms with van der Waals surface area (Å²) in [5, 5.41) is 10.7. The van der Waals surface area contributed by atoms with E-state index in [1.165, 1.54) is 23.5 Å². The first-order chi connectivity index (χ1) is 17.8. The Bertz CT molecular complexity index is 1380. The standard InChI is InChI=1S/C14H15N7O2S.C7H7F2NO2S.2H2/c1-2-23-12-9-15-7-10(19-12)11-8-17-14(24-11)13(22)16-3-5-21-6-4-18-20-21;8-7(9)13(11,12)10-6-4-2-1-3-5-6;;/h4,6-9H,2-3,5H2,1H3,(H,16,22);1-5,7,10H;2*1H. The van der Waals surface area contributed by atoms with Gasteiger partial charge < -0.3 is 10.1 Å². The lowest BCUT2D eigenvalue weighted by Gasteiger charge is -2.05. The Morgan fingerprint density at radius 1 is 1.22 bits per heavy atom. The SMILES string of the molecule is CCOc1cncc(-c2cnc(C(=O)NCCn3ccnn3)s2)n1.O=S(=O)(Nc1ccccc1)C(F)F.[HH].[HH]. The quantitative estimate of drug-likeness (QED) is 0.300. The number of thiazole rings is 1. The van der Waals surface area contributed by atoms with E-state index in [2.05, 4.69) is 30.6 Å². The molecule has 2 N–H and O–H groups in total. The number of anilines is 1. The molecule has 0 saturated carbocycles. The molecule has 0 saturated heterocycles. The van der Waals surface area contributed by atoms with E-state index in [1.807, 2.05) is 6.92 Å². The van der Waals surface area contributed by atoms with Crippen LogP contribution in [0.2, 0.25) is 0 Å². The third-order valence-corrected chi connectivity index (χ3v) is 6.23. The fourth-order valence-electron chi connectivity index (χ4n) is 2.61. The lowest BCUT2D eigenvalue weighted by atomic mass is 10.3. The maximum atomic E-state index is 12.1. The van der Waals surface area contributed by atoms with Crippen LogP contribution in [-0.2, 0) is 16.6 Å². The monoisotopic (exact) mass is 556 g/mol. The second-order valence-corrected chi connectivity index (χ2v) is 9.58. The van der Waals surface area contributed by atoms with Gasteiger partial charge in [0.15, 0.2) is 5.01 Å². The molecule has 1 aromatic carbocycles. The molecule has 0 unspecified atom stereocenters. The van der Waals surface area contributed by atoms with Gasteiger partial charge in [0.2, 0.25) is 5.88 Å². The van der Waals surface area contributed by atoms with Crippen molar-refractivity contribution < 1.29 is 29.6 Å². The van der Waals surface area contributed by atoms with Crippen molar-refractivity contribution in [1.82, 2.24) is 35.3 Å². The minimum absolute atomic E-state index is 0. The average molecular weight is 557 g/mol. The molecule has 4 rings (SSSR count). The Balaban J connectivity index is 0.000000435. The summed E-state index contributed by atoms with van der Waals surface area (Å²) in [6, 6.07) is 7.52. The predicted molar refractivity (Wildman–Crippen MR) is 136 cm³/mol. The summed E-state index contributed by atoms with van der Waals surface area (Å²) in [5.74, 6) is -3.20. The van der Waals surface area contributed by atoms with Gasteiger partial charge in [-0.25, -0.2) is 18.4 Å². The van der Waals surface area contributed by atoms with Gasteiger partial charge in [-0.05, 0) is 19.1 Å². The Morgan fingerprint density at radius 2 is 2.00 bits per heavy atom. The molecule has 200 valence electrons. The van der Waals surface area contributed by atoms with Crippen molar-refractivity contribution in [2.24, 2.45) is 0 Å². The molecule has 0 bridgehead atoms. The highest BCUT2D eigenvalue weighted by Gasteiger charge is 2.23. The van der Waals surface area contributed by atoms with E-state index in [0.29, 0.717) is 36.3 Å². The van der Waals surface area contributed by atoms with Crippen LogP contribution in [-0.4, -0.2) is 63.2 Å². The lowest BCUT2D eigenvalue weighted by Crippen LogP contribution is -2.27. The van der Waals surface area contributed by atoms with Crippen LogP contribution in [0.15, 0.2) is 61.3 Å². The van der Waals surface area contributed by atoms with E-state index in [9.17, 15) is 22.0 Å². The first-order valence-corrected chi connectivity index (χ1v) is 13.0. The summed E-state index contributed by atoms with van der Waals surface area (Å²) in [6.45, 7) is 3.38. The number of rotatable bonds is 10. The fraction of sp³-hybridized carbons (Fsp3) is 0.238. The Morgan fingerprint density at radius 3 is 2.68 bits per heavy atom. The van der Waals surface area contributed by atoms with Gasteiger partial charge in [0.05, 0.1) is 36.6 Å². The van der Waals surface area contributed by atoms with Gasteiger partial charge in [-0.2, -0.15) is 8.78 Å². The van der Waals surface area contributed by atoms with Gasteiger partial charge >= 0.3 is 5.76 Å². The highest BCUT2D eigenvalue weighted by atomic mass is 32.2. The molecule has 37 heavy (non-hydrogen) atoms. The summed E-state index contributed by atoms with van der Waals surface area (Å²) in [5.41, 5.74) is 0.753. The number of halogens is 2. The third-order valence-electron chi connectivity index (χ3n) is 4.22. The molecule has 3 aromatic heterocycles. The van der Waals surface area contributed by atoms with E-state index in [1.54, 1.807) is 58.6 Å². The van der Waals surface area contributed by atoms with Crippen molar-refractivity contribution in [3.63, 3.8) is 0 Å². The summed E-state index contributed by atoms with van der Waals surface area (Å²) in [4.78, 5) is 25.4. The fourth-order valence-corrected chi connectivity index (χ4v) is 3.95. The summed E-state index contributed by atoms with van der Waals surface area (Å²) in [6.07, 6.45) is 8.09. The normalized spacial score (nSPS) is 10.9. The first kappa shape index (κ1) is 27.5. The van der Waals surface area contributed by atoms with Gasteiger partial charge in [0.25, 0.3) is 15.9 Å². The molecule has 3 heterocycles. The van der Waals surface area contributed by atoms with E-state index in [4.69, 9.17) is 4.74 Å². The maximum absolute atomic E-state index is 12.1. The topological polar surface area (TPSA) is 154 Å². The van der Waals surface area contributed by atoms with Crippen LogP contribution >= 0.6 is 11.3 Å². The lowest BCUT2D eigenvalue weighted by molar-refractivity contribution is 0.0951. The van der Waals surface area contributed by atoms with Crippen LogP contribution in [0.5, 0.6) is 5.88 Å². The molecule has 0 radical (unpaired) electrons. The molecular formula is C21H26F2N8O4S2. The number of aromatic nitrogens is 6. The van der Waals surface area contributed by atoms with Crippen LogP contribution in [0.1, 0.15) is 19.6 Å². The van der Waals surface area contributed by atoms with Crippen molar-refractivity contribution in [3.8, 4) is 16.5 Å². The Labute approximate surface area is 217 Å². The molecule has 16 heteroatoms. The Hall–Kier alpha value is -4.05. The highest BCUT2D eigenvalue weighted by molar-refractivity contribution is 7.93. The number of nitrogens with zero attached hydrogens (tertiary/aromatic N) is 6. The first-order valence-electron chi connectivity index (χ1n) is 10.7. The van der Waals surface area contributed by atoms with Crippen LogP contribution in [0.3, 0.4) is 0 Å². The van der Waals surface area contributed by atoms with Crippen LogP contribution in [0.25, 0.3) is 10.6 Å². The number of para-hydroxylation sites is 1. The van der Waals surface area contributed by atoms with Gasteiger partial charge in [-0.3, -0.25) is 19.2 Å². The zero-order chi connectivity index (χ0) is 26.7. The van der Waals surface area contributed by atoms with Crippen LogP contribution in [0, 0.1) is 0 Å². The summed E-state index contributed by atoms with van der Waals surface area (Å²) >= 11 is 1.25. The molecule has 4 aromatic rings. The average Bonchev–Trinajstić information content (AvgIpc) is 3.58. The number of sulfonamides is 1. The van der Waals surface area contributed by atoms with Gasteiger partial charge in [0, 0.05) is 27.5 Å².